The van der Waals surface area contributed by atoms with Gasteiger partial charge in [0.2, 0.25) is 0 Å². The van der Waals surface area contributed by atoms with Crippen LogP contribution in [0.3, 0.4) is 0 Å². The van der Waals surface area contributed by atoms with Crippen molar-refractivity contribution in [2.24, 2.45) is 0 Å². The molecule has 0 amide bonds. The number of likely N-dealkylation sites (tertiary alicyclic amines) is 1. The van der Waals surface area contributed by atoms with Gasteiger partial charge in [-0.05, 0) is 49.3 Å². The van der Waals surface area contributed by atoms with Gasteiger partial charge in [-0.15, -0.1) is 6.58 Å². The van der Waals surface area contributed by atoms with E-state index in [9.17, 15) is 0 Å². The van der Waals surface area contributed by atoms with Crippen LogP contribution in [0.5, 0.6) is 0 Å². The lowest BCUT2D eigenvalue weighted by Crippen LogP contribution is -2.34. The fourth-order valence-corrected chi connectivity index (χ4v) is 2.53. The predicted octanol–water partition coefficient (Wildman–Crippen LogP) is 2.43. The fourth-order valence-electron chi connectivity index (χ4n) is 2.37. The highest BCUT2D eigenvalue weighted by Crippen LogP contribution is 2.13. The number of hydrogen-bond acceptors (Lipinski definition) is 2. The van der Waals surface area contributed by atoms with Crippen molar-refractivity contribution in [3.05, 3.63) is 48.0 Å². The highest BCUT2D eigenvalue weighted by molar-refractivity contribution is 7.80. The zero-order valence-corrected chi connectivity index (χ0v) is 12.7. The summed E-state index contributed by atoms with van der Waals surface area (Å²) in [7, 11) is 0. The summed E-state index contributed by atoms with van der Waals surface area (Å²) in [6.45, 7) is 8.66. The molecule has 108 valence electrons. The second-order valence-electron chi connectivity index (χ2n) is 5.15. The van der Waals surface area contributed by atoms with E-state index in [1.807, 2.05) is 0 Å². The Balaban J connectivity index is 1.76. The van der Waals surface area contributed by atoms with Crippen LogP contribution in [-0.2, 0) is 13.1 Å². The van der Waals surface area contributed by atoms with Crippen molar-refractivity contribution < 1.29 is 0 Å². The summed E-state index contributed by atoms with van der Waals surface area (Å²) in [6, 6.07) is 8.79. The Kier molecular flexibility index (Phi) is 6.02. The summed E-state index contributed by atoms with van der Waals surface area (Å²) in [5.41, 5.74) is 2.64. The Labute approximate surface area is 127 Å². The van der Waals surface area contributed by atoms with Gasteiger partial charge in [-0.2, -0.15) is 0 Å². The molecule has 1 aromatic rings. The number of hydrogen-bond donors (Lipinski definition) is 2. The third kappa shape index (κ3) is 4.94. The Morgan fingerprint density at radius 1 is 1.15 bits per heavy atom. The minimum absolute atomic E-state index is 0.672. The van der Waals surface area contributed by atoms with Crippen LogP contribution < -0.4 is 10.6 Å². The maximum absolute atomic E-state index is 5.16. The van der Waals surface area contributed by atoms with Crippen molar-refractivity contribution in [1.29, 1.82) is 0 Å². The molecule has 3 nitrogen and oxygen atoms in total. The number of benzene rings is 1. The lowest BCUT2D eigenvalue weighted by atomic mass is 10.1. The highest BCUT2D eigenvalue weighted by Gasteiger charge is 2.11. The minimum atomic E-state index is 0.672. The molecular formula is C16H23N3S. The van der Waals surface area contributed by atoms with E-state index in [1.54, 1.807) is 6.08 Å². The molecule has 1 fully saturated rings. The van der Waals surface area contributed by atoms with E-state index in [0.29, 0.717) is 11.7 Å². The molecule has 0 unspecified atom stereocenters. The van der Waals surface area contributed by atoms with Crippen LogP contribution in [0.15, 0.2) is 36.9 Å². The number of nitrogens with one attached hydrogen (secondary N) is 2. The largest absolute Gasteiger partial charge is 0.359 e. The highest BCUT2D eigenvalue weighted by atomic mass is 32.1. The van der Waals surface area contributed by atoms with Gasteiger partial charge in [0, 0.05) is 19.6 Å². The van der Waals surface area contributed by atoms with E-state index in [2.05, 4.69) is 46.4 Å². The van der Waals surface area contributed by atoms with E-state index >= 15 is 0 Å². The number of rotatable bonds is 6. The molecule has 2 rings (SSSR count). The molecule has 0 aliphatic carbocycles. The van der Waals surface area contributed by atoms with E-state index in [4.69, 9.17) is 12.2 Å². The molecule has 1 saturated heterocycles. The Hall–Kier alpha value is -1.39. The third-order valence-corrected chi connectivity index (χ3v) is 3.78. The molecule has 1 aliphatic heterocycles. The monoisotopic (exact) mass is 289 g/mol. The van der Waals surface area contributed by atoms with E-state index in [-0.39, 0.29) is 0 Å². The lowest BCUT2D eigenvalue weighted by Gasteiger charge is -2.15. The van der Waals surface area contributed by atoms with Crippen molar-refractivity contribution in [1.82, 2.24) is 15.5 Å². The van der Waals surface area contributed by atoms with Gasteiger partial charge in [0.15, 0.2) is 5.11 Å². The molecule has 20 heavy (non-hydrogen) atoms. The van der Waals surface area contributed by atoms with Crippen LogP contribution in [-0.4, -0.2) is 29.6 Å². The van der Waals surface area contributed by atoms with Crippen LogP contribution >= 0.6 is 12.2 Å². The molecule has 0 radical (unpaired) electrons. The van der Waals surface area contributed by atoms with Crippen molar-refractivity contribution >= 4 is 17.3 Å². The first kappa shape index (κ1) is 15.0. The SMILES string of the molecule is C=CCNC(=S)NCc1ccc(CN2CCCC2)cc1. The molecule has 1 aliphatic rings. The molecule has 1 heterocycles. The number of thiocarbonyl (C=S) groups is 1. The first-order valence-corrected chi connectivity index (χ1v) is 7.61. The smallest absolute Gasteiger partial charge is 0.166 e. The average Bonchev–Trinajstić information content (AvgIpc) is 2.97. The second-order valence-corrected chi connectivity index (χ2v) is 5.56. The summed E-state index contributed by atoms with van der Waals surface area (Å²) in [5, 5.41) is 6.92. The summed E-state index contributed by atoms with van der Waals surface area (Å²) in [5.74, 6) is 0. The zero-order chi connectivity index (χ0) is 14.2. The topological polar surface area (TPSA) is 27.3 Å². The normalized spacial score (nSPS) is 15.0. The van der Waals surface area contributed by atoms with Gasteiger partial charge in [0.1, 0.15) is 0 Å². The van der Waals surface area contributed by atoms with Gasteiger partial charge in [0.25, 0.3) is 0 Å². The Morgan fingerprint density at radius 3 is 2.45 bits per heavy atom. The molecular weight excluding hydrogens is 266 g/mol. The van der Waals surface area contributed by atoms with Gasteiger partial charge >= 0.3 is 0 Å². The minimum Gasteiger partial charge on any atom is -0.359 e. The molecule has 0 saturated carbocycles. The molecule has 0 atom stereocenters. The van der Waals surface area contributed by atoms with Crippen molar-refractivity contribution in [2.45, 2.75) is 25.9 Å². The number of nitrogens with zero attached hydrogens (tertiary/aromatic N) is 1. The molecule has 0 bridgehead atoms. The maximum Gasteiger partial charge on any atom is 0.166 e. The molecule has 4 heteroatoms. The molecule has 1 aromatic carbocycles. The molecule has 2 N–H and O–H groups in total. The van der Waals surface area contributed by atoms with Crippen LogP contribution in [0.25, 0.3) is 0 Å². The van der Waals surface area contributed by atoms with Crippen molar-refractivity contribution in [3.63, 3.8) is 0 Å². The van der Waals surface area contributed by atoms with Crippen LogP contribution in [0.4, 0.5) is 0 Å². The molecule has 0 aromatic heterocycles. The molecule has 0 spiro atoms. The quantitative estimate of drug-likeness (QED) is 0.621. The zero-order valence-electron chi connectivity index (χ0n) is 11.9. The fraction of sp³-hybridized carbons (Fsp3) is 0.438. The standard InChI is InChI=1S/C16H23N3S/c1-2-9-17-16(20)18-12-14-5-7-15(8-6-14)13-19-10-3-4-11-19/h2,5-8H,1,3-4,9-13H2,(H2,17,18,20). The van der Waals surface area contributed by atoms with Gasteiger partial charge in [-0.25, -0.2) is 0 Å². The summed E-state index contributed by atoms with van der Waals surface area (Å²) < 4.78 is 0. The lowest BCUT2D eigenvalue weighted by molar-refractivity contribution is 0.331. The van der Waals surface area contributed by atoms with E-state index in [1.165, 1.54) is 37.1 Å². The third-order valence-electron chi connectivity index (χ3n) is 3.49. The predicted molar refractivity (Wildman–Crippen MR) is 88.6 cm³/mol. The van der Waals surface area contributed by atoms with Crippen molar-refractivity contribution in [3.8, 4) is 0 Å². The van der Waals surface area contributed by atoms with Gasteiger partial charge in [-0.1, -0.05) is 30.3 Å². The Morgan fingerprint density at radius 2 is 1.80 bits per heavy atom. The van der Waals surface area contributed by atoms with Crippen molar-refractivity contribution in [2.75, 3.05) is 19.6 Å². The second kappa shape index (κ2) is 8.02. The van der Waals surface area contributed by atoms with Crippen LogP contribution in [0.1, 0.15) is 24.0 Å². The first-order chi connectivity index (χ1) is 9.78. The summed E-state index contributed by atoms with van der Waals surface area (Å²) in [4.78, 5) is 2.52. The average molecular weight is 289 g/mol. The van der Waals surface area contributed by atoms with Crippen LogP contribution in [0.2, 0.25) is 0 Å². The van der Waals surface area contributed by atoms with Gasteiger partial charge in [0.05, 0.1) is 0 Å². The van der Waals surface area contributed by atoms with E-state index < -0.39 is 0 Å². The van der Waals surface area contributed by atoms with E-state index in [0.717, 1.165) is 13.1 Å². The summed E-state index contributed by atoms with van der Waals surface area (Å²) in [6.07, 6.45) is 4.48. The first-order valence-electron chi connectivity index (χ1n) is 7.20. The van der Waals surface area contributed by atoms with Gasteiger partial charge < -0.3 is 10.6 Å². The van der Waals surface area contributed by atoms with Crippen LogP contribution in [0, 0.1) is 0 Å². The Bertz CT molecular complexity index is 436. The van der Waals surface area contributed by atoms with Gasteiger partial charge in [-0.3, -0.25) is 4.90 Å². The summed E-state index contributed by atoms with van der Waals surface area (Å²) >= 11 is 5.16. The maximum atomic E-state index is 5.16.